The van der Waals surface area contributed by atoms with Crippen LogP contribution in [0, 0.1) is 5.82 Å². The van der Waals surface area contributed by atoms with Crippen molar-refractivity contribution < 1.29 is 24.1 Å². The molecule has 5 rings (SSSR count). The summed E-state index contributed by atoms with van der Waals surface area (Å²) in [4.78, 5) is 13.2. The van der Waals surface area contributed by atoms with Gasteiger partial charge in [0.1, 0.15) is 29.2 Å². The van der Waals surface area contributed by atoms with Crippen molar-refractivity contribution in [2.75, 3.05) is 5.32 Å². The molecule has 0 aliphatic carbocycles. The summed E-state index contributed by atoms with van der Waals surface area (Å²) in [7, 11) is 0. The van der Waals surface area contributed by atoms with Crippen LogP contribution in [0.4, 0.5) is 10.3 Å². The van der Waals surface area contributed by atoms with Gasteiger partial charge in [0.2, 0.25) is 5.95 Å². The zero-order valence-corrected chi connectivity index (χ0v) is 20.9. The maximum absolute atomic E-state index is 15.2. The highest BCUT2D eigenvalue weighted by Gasteiger charge is 2.47. The lowest BCUT2D eigenvalue weighted by Gasteiger charge is -2.32. The fraction of sp³-hybridized carbons (Fsp3) is 0.542. The zero-order chi connectivity index (χ0) is 25.2. The molecule has 3 N–H and O–H groups in total. The van der Waals surface area contributed by atoms with Crippen LogP contribution in [-0.4, -0.2) is 60.4 Å². The number of aliphatic hydroxyl groups is 2. The molecule has 0 radical (unpaired) electrons. The average molecular weight is 506 g/mol. The first kappa shape index (κ1) is 24.3. The number of ether oxygens (including phenoxy) is 2. The minimum absolute atomic E-state index is 0.0795. The molecule has 188 valence electrons. The van der Waals surface area contributed by atoms with Crippen LogP contribution < -0.4 is 5.32 Å². The molecule has 35 heavy (non-hydrogen) atoms. The van der Waals surface area contributed by atoms with Crippen LogP contribution in [0.25, 0.3) is 22.3 Å². The Morgan fingerprint density at radius 1 is 1.26 bits per heavy atom. The fourth-order valence-electron chi connectivity index (χ4n) is 4.87. The van der Waals surface area contributed by atoms with Crippen molar-refractivity contribution in [3.63, 3.8) is 0 Å². The van der Waals surface area contributed by atoms with E-state index in [0.29, 0.717) is 29.0 Å². The Hall–Kier alpha value is -2.37. The van der Waals surface area contributed by atoms with Crippen molar-refractivity contribution in [1.82, 2.24) is 19.5 Å². The van der Waals surface area contributed by atoms with Gasteiger partial charge in [-0.2, -0.15) is 0 Å². The Bertz CT molecular complexity index is 1280. The molecule has 2 aromatic heterocycles. The number of hydrogen-bond acceptors (Lipinski definition) is 8. The molecule has 2 saturated heterocycles. The van der Waals surface area contributed by atoms with Gasteiger partial charge in [0.15, 0.2) is 12.1 Å². The van der Waals surface area contributed by atoms with Crippen LogP contribution in [-0.2, 0) is 15.1 Å². The SMILES string of the molecule is CC(C)n1c(C(C)(C)O)nc2c(F)cc(-c3nc(N[C@@H]4C[C@@H]5O[C@H]([C@H]4O)[C@@H](C)O5)ncc3Cl)cc21. The van der Waals surface area contributed by atoms with Crippen LogP contribution in [0.1, 0.15) is 52.9 Å². The van der Waals surface area contributed by atoms with Crippen LogP contribution in [0.15, 0.2) is 18.3 Å². The number of nitrogens with one attached hydrogen (secondary N) is 1. The lowest BCUT2D eigenvalue weighted by atomic mass is 9.98. The average Bonchev–Trinajstić information content (AvgIpc) is 3.32. The zero-order valence-electron chi connectivity index (χ0n) is 20.2. The minimum atomic E-state index is -1.26. The summed E-state index contributed by atoms with van der Waals surface area (Å²) >= 11 is 6.43. The predicted octanol–water partition coefficient (Wildman–Crippen LogP) is 3.77. The Balaban J connectivity index is 1.54. The molecular weight excluding hydrogens is 477 g/mol. The Kier molecular flexibility index (Phi) is 6.00. The molecule has 0 amide bonds. The van der Waals surface area contributed by atoms with Gasteiger partial charge in [-0.25, -0.2) is 19.3 Å². The molecule has 2 aliphatic heterocycles. The molecule has 3 aromatic rings. The van der Waals surface area contributed by atoms with E-state index in [-0.39, 0.29) is 34.7 Å². The van der Waals surface area contributed by atoms with Gasteiger partial charge in [0.25, 0.3) is 0 Å². The third-order valence-electron chi connectivity index (χ3n) is 6.48. The normalized spacial score (nSPS) is 26.6. The van der Waals surface area contributed by atoms with Crippen LogP contribution >= 0.6 is 11.6 Å². The van der Waals surface area contributed by atoms with Gasteiger partial charge in [-0.15, -0.1) is 0 Å². The number of imidazole rings is 1. The van der Waals surface area contributed by atoms with E-state index in [1.165, 1.54) is 12.3 Å². The van der Waals surface area contributed by atoms with E-state index in [0.717, 1.165) is 0 Å². The summed E-state index contributed by atoms with van der Waals surface area (Å²) in [5.74, 6) is 0.0703. The molecule has 0 saturated carbocycles. The third-order valence-corrected chi connectivity index (χ3v) is 6.75. The van der Waals surface area contributed by atoms with Crippen molar-refractivity contribution in [2.45, 2.75) is 83.3 Å². The van der Waals surface area contributed by atoms with Gasteiger partial charge < -0.3 is 29.6 Å². The quantitative estimate of drug-likeness (QED) is 0.480. The topological polar surface area (TPSA) is 115 Å². The largest absolute Gasteiger partial charge is 0.388 e. The molecule has 2 fully saturated rings. The number of benzene rings is 1. The van der Waals surface area contributed by atoms with Crippen LogP contribution in [0.3, 0.4) is 0 Å². The first-order valence-electron chi connectivity index (χ1n) is 11.7. The smallest absolute Gasteiger partial charge is 0.223 e. The first-order chi connectivity index (χ1) is 16.4. The first-order valence-corrected chi connectivity index (χ1v) is 12.0. The number of nitrogens with zero attached hydrogens (tertiary/aromatic N) is 4. The number of fused-ring (bicyclic) bond motifs is 3. The second-order valence-electron chi connectivity index (χ2n) is 10.0. The second-order valence-corrected chi connectivity index (χ2v) is 10.4. The number of rotatable bonds is 5. The number of anilines is 1. The standard InChI is InChI=1S/C24H29ClFN5O4/c1-10(2)31-16-7-12(6-14(26)19(16)29-22(31)24(4,5)33)18-13(25)9-27-23(30-18)28-15-8-17-34-11(3)21(35-17)20(15)32/h6-7,9-11,15,17,20-21,32-33H,8H2,1-5H3,(H,27,28,30)/t11-,15-,17+,20+,21+/m1/s1. The molecule has 5 atom stereocenters. The summed E-state index contributed by atoms with van der Waals surface area (Å²) < 4.78 is 28.4. The number of hydrogen-bond donors (Lipinski definition) is 3. The highest BCUT2D eigenvalue weighted by molar-refractivity contribution is 6.33. The van der Waals surface area contributed by atoms with Crippen molar-refractivity contribution in [3.05, 3.63) is 35.0 Å². The minimum Gasteiger partial charge on any atom is -0.388 e. The summed E-state index contributed by atoms with van der Waals surface area (Å²) in [6, 6.07) is 2.63. The van der Waals surface area contributed by atoms with Gasteiger partial charge in [-0.1, -0.05) is 11.6 Å². The lowest BCUT2D eigenvalue weighted by molar-refractivity contribution is -0.124. The van der Waals surface area contributed by atoms with Gasteiger partial charge in [0, 0.05) is 18.0 Å². The molecule has 0 unspecified atom stereocenters. The maximum atomic E-state index is 15.2. The summed E-state index contributed by atoms with van der Waals surface area (Å²) in [5.41, 5.74) is 0.210. The van der Waals surface area contributed by atoms with Crippen molar-refractivity contribution in [1.29, 1.82) is 0 Å². The predicted molar refractivity (Wildman–Crippen MR) is 129 cm³/mol. The van der Waals surface area contributed by atoms with Crippen molar-refractivity contribution >= 4 is 28.6 Å². The van der Waals surface area contributed by atoms with Gasteiger partial charge in [-0.05, 0) is 46.8 Å². The molecule has 11 heteroatoms. The van der Waals surface area contributed by atoms with E-state index in [9.17, 15) is 10.2 Å². The number of aliphatic hydroxyl groups excluding tert-OH is 1. The second kappa shape index (κ2) is 8.63. The van der Waals surface area contributed by atoms with E-state index in [4.69, 9.17) is 21.1 Å². The van der Waals surface area contributed by atoms with Crippen LogP contribution in [0.2, 0.25) is 5.02 Å². The molecule has 2 aliphatic rings. The number of halogens is 2. The van der Waals surface area contributed by atoms with E-state index in [1.807, 2.05) is 25.3 Å². The summed E-state index contributed by atoms with van der Waals surface area (Å²) in [6.07, 6.45) is 0.0162. The molecule has 4 heterocycles. The highest BCUT2D eigenvalue weighted by Crippen LogP contribution is 2.36. The van der Waals surface area contributed by atoms with Crippen LogP contribution in [0.5, 0.6) is 0 Å². The van der Waals surface area contributed by atoms with E-state index in [2.05, 4.69) is 20.3 Å². The third kappa shape index (κ3) is 4.27. The molecule has 1 aromatic carbocycles. The van der Waals surface area contributed by atoms with Crippen molar-refractivity contribution in [2.24, 2.45) is 0 Å². The lowest BCUT2D eigenvalue weighted by Crippen LogP contribution is -2.49. The Morgan fingerprint density at radius 3 is 2.69 bits per heavy atom. The van der Waals surface area contributed by atoms with Gasteiger partial charge >= 0.3 is 0 Å². The van der Waals surface area contributed by atoms with Gasteiger partial charge in [-0.3, -0.25) is 0 Å². The Labute approximate surface area is 207 Å². The fourth-order valence-corrected chi connectivity index (χ4v) is 5.07. The molecular formula is C24H29ClFN5O4. The van der Waals surface area contributed by atoms with Crippen molar-refractivity contribution in [3.8, 4) is 11.3 Å². The number of aromatic nitrogens is 4. The summed E-state index contributed by atoms with van der Waals surface area (Å²) in [5, 5.41) is 24.7. The highest BCUT2D eigenvalue weighted by atomic mass is 35.5. The molecule has 9 nitrogen and oxygen atoms in total. The van der Waals surface area contributed by atoms with E-state index >= 15 is 4.39 Å². The van der Waals surface area contributed by atoms with E-state index < -0.39 is 29.9 Å². The summed E-state index contributed by atoms with van der Waals surface area (Å²) in [6.45, 7) is 8.99. The van der Waals surface area contributed by atoms with Gasteiger partial charge in [0.05, 0.1) is 34.6 Å². The molecule has 0 spiro atoms. The monoisotopic (exact) mass is 505 g/mol. The van der Waals surface area contributed by atoms with E-state index in [1.54, 1.807) is 19.9 Å². The molecule has 2 bridgehead atoms. The maximum Gasteiger partial charge on any atom is 0.223 e. The Morgan fingerprint density at radius 2 is 2.00 bits per heavy atom.